The molecule has 2 fully saturated rings. The van der Waals surface area contributed by atoms with E-state index in [0.717, 1.165) is 13.2 Å². The lowest BCUT2D eigenvalue weighted by atomic mass is 9.86. The van der Waals surface area contributed by atoms with Crippen molar-refractivity contribution in [3.8, 4) is 0 Å². The van der Waals surface area contributed by atoms with Crippen LogP contribution in [0, 0.1) is 0 Å². The normalized spacial score (nSPS) is 32.8. The largest absolute Gasteiger partial charge is 0.379 e. The van der Waals surface area contributed by atoms with Crippen molar-refractivity contribution >= 4 is 0 Å². The van der Waals surface area contributed by atoms with Crippen molar-refractivity contribution < 1.29 is 4.74 Å². The number of piperidine rings is 1. The Labute approximate surface area is 88.6 Å². The third-order valence-corrected chi connectivity index (χ3v) is 3.46. The van der Waals surface area contributed by atoms with Gasteiger partial charge in [-0.05, 0) is 32.4 Å². The van der Waals surface area contributed by atoms with Gasteiger partial charge in [0.25, 0.3) is 0 Å². The highest BCUT2D eigenvalue weighted by Crippen LogP contribution is 2.34. The van der Waals surface area contributed by atoms with Crippen LogP contribution in [-0.4, -0.2) is 36.7 Å². The van der Waals surface area contributed by atoms with Gasteiger partial charge in [-0.2, -0.15) is 0 Å². The maximum absolute atomic E-state index is 5.53. The molecule has 84 valence electrons. The second-order valence-corrected chi connectivity index (χ2v) is 4.06. The van der Waals surface area contributed by atoms with Crippen LogP contribution in [0.15, 0.2) is 0 Å². The highest BCUT2D eigenvalue weighted by Gasteiger charge is 2.40. The van der Waals surface area contributed by atoms with Crippen molar-refractivity contribution in [2.75, 3.05) is 26.3 Å². The van der Waals surface area contributed by atoms with E-state index in [-0.39, 0.29) is 0 Å². The van der Waals surface area contributed by atoms with Crippen LogP contribution in [0.25, 0.3) is 0 Å². The minimum Gasteiger partial charge on any atom is -0.379 e. The summed E-state index contributed by atoms with van der Waals surface area (Å²) in [5.41, 5.74) is 0.451. The molecule has 1 spiro atoms. The minimum absolute atomic E-state index is 0.451. The molecule has 2 aliphatic rings. The van der Waals surface area contributed by atoms with Crippen LogP contribution in [0.3, 0.4) is 0 Å². The molecule has 0 amide bonds. The summed E-state index contributed by atoms with van der Waals surface area (Å²) in [5, 5.41) is 0. The number of likely N-dealkylation sites (N-methyl/N-ethyl adjacent to an activating group) is 1. The molecule has 0 radical (unpaired) electrons. The van der Waals surface area contributed by atoms with Gasteiger partial charge in [-0.15, -0.1) is 0 Å². The molecule has 2 rings (SSSR count). The number of hydrogen-bond donors (Lipinski definition) is 0. The van der Waals surface area contributed by atoms with Crippen LogP contribution < -0.4 is 0 Å². The highest BCUT2D eigenvalue weighted by molar-refractivity contribution is 4.95. The summed E-state index contributed by atoms with van der Waals surface area (Å²) in [5.74, 6) is 0. The van der Waals surface area contributed by atoms with Crippen LogP contribution in [0.4, 0.5) is 0 Å². The maximum atomic E-state index is 5.53. The van der Waals surface area contributed by atoms with Gasteiger partial charge < -0.3 is 4.74 Å². The zero-order chi connectivity index (χ0) is 10.4. The Hall–Kier alpha value is -0.0800. The third-order valence-electron chi connectivity index (χ3n) is 3.46. The van der Waals surface area contributed by atoms with Gasteiger partial charge >= 0.3 is 0 Å². The first-order valence-corrected chi connectivity index (χ1v) is 6.20. The lowest BCUT2D eigenvalue weighted by molar-refractivity contribution is 0.0379. The Morgan fingerprint density at radius 2 is 2.00 bits per heavy atom. The first kappa shape index (κ1) is 12.0. The van der Waals surface area contributed by atoms with E-state index in [2.05, 4.69) is 11.8 Å². The fourth-order valence-corrected chi connectivity index (χ4v) is 2.69. The SMILES string of the molecule is CC.CCN1CCCCC12CCOC2. The molecular formula is C12H25NO. The summed E-state index contributed by atoms with van der Waals surface area (Å²) < 4.78 is 5.53. The molecule has 2 nitrogen and oxygen atoms in total. The van der Waals surface area contributed by atoms with Gasteiger partial charge in [0, 0.05) is 12.1 Å². The molecule has 2 heteroatoms. The van der Waals surface area contributed by atoms with E-state index in [1.54, 1.807) is 0 Å². The Balaban J connectivity index is 0.000000461. The van der Waals surface area contributed by atoms with Crippen molar-refractivity contribution in [1.82, 2.24) is 4.90 Å². The predicted molar refractivity (Wildman–Crippen MR) is 60.6 cm³/mol. The number of ether oxygens (including phenoxy) is 1. The summed E-state index contributed by atoms with van der Waals surface area (Å²) in [6.07, 6.45) is 5.41. The lowest BCUT2D eigenvalue weighted by Gasteiger charge is -2.43. The smallest absolute Gasteiger partial charge is 0.0651 e. The number of hydrogen-bond acceptors (Lipinski definition) is 2. The standard InChI is InChI=1S/C10H19NO.C2H6/c1-2-11-7-4-3-5-10(11)6-8-12-9-10;1-2/h2-9H2,1H3;1-2H3. The van der Waals surface area contributed by atoms with E-state index in [1.165, 1.54) is 38.8 Å². The second kappa shape index (κ2) is 5.72. The molecule has 0 bridgehead atoms. The van der Waals surface area contributed by atoms with Crippen LogP contribution in [-0.2, 0) is 4.74 Å². The van der Waals surface area contributed by atoms with E-state index in [4.69, 9.17) is 4.74 Å². The summed E-state index contributed by atoms with van der Waals surface area (Å²) >= 11 is 0. The third kappa shape index (κ3) is 2.29. The summed E-state index contributed by atoms with van der Waals surface area (Å²) in [6.45, 7) is 10.7. The summed E-state index contributed by atoms with van der Waals surface area (Å²) in [4.78, 5) is 2.63. The van der Waals surface area contributed by atoms with Crippen LogP contribution >= 0.6 is 0 Å². The van der Waals surface area contributed by atoms with Gasteiger partial charge in [-0.3, -0.25) is 4.90 Å². The molecule has 2 heterocycles. The van der Waals surface area contributed by atoms with E-state index in [9.17, 15) is 0 Å². The topological polar surface area (TPSA) is 12.5 Å². The lowest BCUT2D eigenvalue weighted by Crippen LogP contribution is -2.52. The number of likely N-dealkylation sites (tertiary alicyclic amines) is 1. The Morgan fingerprint density at radius 1 is 1.21 bits per heavy atom. The quantitative estimate of drug-likeness (QED) is 0.644. The van der Waals surface area contributed by atoms with E-state index in [0.29, 0.717) is 5.54 Å². The van der Waals surface area contributed by atoms with Crippen molar-refractivity contribution in [1.29, 1.82) is 0 Å². The molecule has 0 aromatic rings. The van der Waals surface area contributed by atoms with Gasteiger partial charge in [0.05, 0.1) is 6.61 Å². The Morgan fingerprint density at radius 3 is 2.57 bits per heavy atom. The molecule has 0 saturated carbocycles. The van der Waals surface area contributed by atoms with E-state index in [1.807, 2.05) is 13.8 Å². The molecule has 14 heavy (non-hydrogen) atoms. The summed E-state index contributed by atoms with van der Waals surface area (Å²) in [7, 11) is 0. The maximum Gasteiger partial charge on any atom is 0.0651 e. The van der Waals surface area contributed by atoms with Gasteiger partial charge in [0.15, 0.2) is 0 Å². The molecule has 1 atom stereocenters. The molecule has 0 N–H and O–H groups in total. The van der Waals surface area contributed by atoms with Crippen LogP contribution in [0.1, 0.15) is 46.5 Å². The first-order valence-electron chi connectivity index (χ1n) is 6.20. The van der Waals surface area contributed by atoms with Crippen molar-refractivity contribution in [3.63, 3.8) is 0 Å². The monoisotopic (exact) mass is 199 g/mol. The van der Waals surface area contributed by atoms with Crippen molar-refractivity contribution in [3.05, 3.63) is 0 Å². The van der Waals surface area contributed by atoms with Crippen LogP contribution in [0.2, 0.25) is 0 Å². The van der Waals surface area contributed by atoms with Gasteiger partial charge in [-0.1, -0.05) is 27.2 Å². The number of nitrogens with zero attached hydrogens (tertiary/aromatic N) is 1. The Kier molecular flexibility index (Phi) is 4.90. The van der Waals surface area contributed by atoms with Crippen LogP contribution in [0.5, 0.6) is 0 Å². The predicted octanol–water partition coefficient (Wildman–Crippen LogP) is 2.68. The first-order chi connectivity index (χ1) is 6.87. The average molecular weight is 199 g/mol. The van der Waals surface area contributed by atoms with Crippen molar-refractivity contribution in [2.24, 2.45) is 0 Å². The van der Waals surface area contributed by atoms with Gasteiger partial charge in [0.2, 0.25) is 0 Å². The fourth-order valence-electron chi connectivity index (χ4n) is 2.69. The summed E-state index contributed by atoms with van der Waals surface area (Å²) in [6, 6.07) is 0. The van der Waals surface area contributed by atoms with Gasteiger partial charge in [0.1, 0.15) is 0 Å². The number of rotatable bonds is 1. The van der Waals surface area contributed by atoms with E-state index >= 15 is 0 Å². The molecule has 1 unspecified atom stereocenters. The molecule has 0 aromatic carbocycles. The molecule has 2 saturated heterocycles. The molecular weight excluding hydrogens is 174 g/mol. The highest BCUT2D eigenvalue weighted by atomic mass is 16.5. The second-order valence-electron chi connectivity index (χ2n) is 4.06. The fraction of sp³-hybridized carbons (Fsp3) is 1.00. The van der Waals surface area contributed by atoms with Gasteiger partial charge in [-0.25, -0.2) is 0 Å². The molecule has 0 aliphatic carbocycles. The zero-order valence-corrected chi connectivity index (χ0v) is 10.0. The Bertz CT molecular complexity index is 152. The zero-order valence-electron chi connectivity index (χ0n) is 10.0. The average Bonchev–Trinajstić information content (AvgIpc) is 2.71. The minimum atomic E-state index is 0.451. The van der Waals surface area contributed by atoms with E-state index < -0.39 is 0 Å². The molecule has 2 aliphatic heterocycles. The molecule has 0 aromatic heterocycles. The van der Waals surface area contributed by atoms with Crippen molar-refractivity contribution in [2.45, 2.75) is 52.0 Å².